The van der Waals surface area contributed by atoms with Crippen molar-refractivity contribution < 1.29 is 0 Å². The number of hydrogen-bond donors (Lipinski definition) is 0. The number of rotatable bonds is 5. The lowest BCUT2D eigenvalue weighted by atomic mass is 9.82. The predicted octanol–water partition coefficient (Wildman–Crippen LogP) is 15.4. The van der Waals surface area contributed by atoms with Crippen molar-refractivity contribution in [3.05, 3.63) is 211 Å². The van der Waals surface area contributed by atoms with Gasteiger partial charge in [-0.3, -0.25) is 0 Å². The predicted molar refractivity (Wildman–Crippen MR) is 240 cm³/mol. The molecule has 0 atom stereocenters. The molecule has 0 heterocycles. The lowest BCUT2D eigenvalue weighted by Crippen LogP contribution is -2.16. The molecule has 0 bridgehead atoms. The Hall–Kier alpha value is -6.96. The van der Waals surface area contributed by atoms with E-state index in [-0.39, 0.29) is 5.41 Å². The maximum atomic E-state index is 2.43. The summed E-state index contributed by atoms with van der Waals surface area (Å²) in [4.78, 5) is 2.43. The van der Waals surface area contributed by atoms with E-state index in [2.05, 4.69) is 219 Å². The second-order valence-corrected chi connectivity index (χ2v) is 15.7. The third-order valence-electron chi connectivity index (χ3n) is 12.2. The number of fused-ring (bicyclic) bond motifs is 9. The van der Waals surface area contributed by atoms with E-state index < -0.39 is 0 Å². The Balaban J connectivity index is 1.08. The number of benzene rings is 10. The van der Waals surface area contributed by atoms with Gasteiger partial charge in [-0.05, 0) is 130 Å². The van der Waals surface area contributed by atoms with E-state index in [1.807, 2.05) is 0 Å². The fourth-order valence-electron chi connectivity index (χ4n) is 9.48. The van der Waals surface area contributed by atoms with Crippen LogP contribution in [0.4, 0.5) is 17.1 Å². The quantitative estimate of drug-likeness (QED) is 0.161. The van der Waals surface area contributed by atoms with Gasteiger partial charge in [-0.1, -0.05) is 172 Å². The average Bonchev–Trinajstić information content (AvgIpc) is 3.48. The highest BCUT2D eigenvalue weighted by atomic mass is 15.1. The summed E-state index contributed by atoms with van der Waals surface area (Å²) in [5.41, 5.74) is 13.6. The van der Waals surface area contributed by atoms with Gasteiger partial charge in [0.1, 0.15) is 0 Å². The van der Waals surface area contributed by atoms with Gasteiger partial charge in [0.25, 0.3) is 0 Å². The second kappa shape index (κ2) is 12.5. The molecule has 0 fully saturated rings. The summed E-state index contributed by atoms with van der Waals surface area (Å²) in [6, 6.07) is 74.0. The minimum atomic E-state index is -0.106. The van der Waals surface area contributed by atoms with Crippen molar-refractivity contribution in [2.75, 3.05) is 4.90 Å². The molecular formula is C55H39N. The zero-order chi connectivity index (χ0) is 37.4. The van der Waals surface area contributed by atoms with Crippen molar-refractivity contribution >= 4 is 60.2 Å². The summed E-state index contributed by atoms with van der Waals surface area (Å²) in [5.74, 6) is 0. The molecule has 56 heavy (non-hydrogen) atoms. The van der Waals surface area contributed by atoms with Gasteiger partial charge in [0.2, 0.25) is 0 Å². The van der Waals surface area contributed by atoms with E-state index in [4.69, 9.17) is 0 Å². The van der Waals surface area contributed by atoms with Gasteiger partial charge >= 0.3 is 0 Å². The van der Waals surface area contributed by atoms with Crippen LogP contribution < -0.4 is 4.90 Å². The molecule has 0 N–H and O–H groups in total. The molecule has 0 radical (unpaired) electrons. The molecule has 0 saturated carbocycles. The van der Waals surface area contributed by atoms with Crippen molar-refractivity contribution in [1.82, 2.24) is 0 Å². The zero-order valence-electron chi connectivity index (χ0n) is 31.5. The smallest absolute Gasteiger partial charge is 0.0467 e. The van der Waals surface area contributed by atoms with Crippen molar-refractivity contribution in [3.63, 3.8) is 0 Å². The van der Waals surface area contributed by atoms with Crippen LogP contribution in [-0.4, -0.2) is 0 Å². The summed E-state index contributed by atoms with van der Waals surface area (Å²) < 4.78 is 0. The number of anilines is 3. The van der Waals surface area contributed by atoms with Crippen LogP contribution in [0, 0.1) is 0 Å². The lowest BCUT2D eigenvalue weighted by Gasteiger charge is -2.28. The van der Waals surface area contributed by atoms with Gasteiger partial charge in [-0.25, -0.2) is 0 Å². The van der Waals surface area contributed by atoms with Crippen molar-refractivity contribution in [2.45, 2.75) is 19.3 Å². The summed E-state index contributed by atoms with van der Waals surface area (Å²) in [6.07, 6.45) is 0. The Morgan fingerprint density at radius 1 is 0.321 bits per heavy atom. The second-order valence-electron chi connectivity index (χ2n) is 15.7. The molecule has 10 aromatic rings. The van der Waals surface area contributed by atoms with E-state index in [0.29, 0.717) is 0 Å². The average molecular weight is 714 g/mol. The molecule has 0 aromatic heterocycles. The summed E-state index contributed by atoms with van der Waals surface area (Å²) >= 11 is 0. The minimum absolute atomic E-state index is 0.106. The lowest BCUT2D eigenvalue weighted by molar-refractivity contribution is 0.660. The van der Waals surface area contributed by atoms with Gasteiger partial charge in [-0.2, -0.15) is 0 Å². The fraction of sp³-hybridized carbons (Fsp3) is 0.0545. The first-order valence-electron chi connectivity index (χ1n) is 19.6. The largest absolute Gasteiger partial charge is 0.310 e. The van der Waals surface area contributed by atoms with E-state index in [0.717, 1.165) is 17.1 Å². The first kappa shape index (κ1) is 32.5. The maximum Gasteiger partial charge on any atom is 0.0467 e. The van der Waals surface area contributed by atoms with Crippen LogP contribution in [0.5, 0.6) is 0 Å². The summed E-state index contributed by atoms with van der Waals surface area (Å²) in [5, 5.41) is 10.2. The Bertz CT molecular complexity index is 3160. The Labute approximate surface area is 327 Å². The molecule has 1 nitrogen and oxygen atoms in total. The highest BCUT2D eigenvalue weighted by Gasteiger charge is 2.35. The highest BCUT2D eigenvalue weighted by Crippen LogP contribution is 2.51. The molecule has 1 aliphatic carbocycles. The van der Waals surface area contributed by atoms with Crippen LogP contribution in [0.2, 0.25) is 0 Å². The Morgan fingerprint density at radius 2 is 0.911 bits per heavy atom. The Morgan fingerprint density at radius 3 is 1.75 bits per heavy atom. The zero-order valence-corrected chi connectivity index (χ0v) is 31.5. The van der Waals surface area contributed by atoms with E-state index in [1.54, 1.807) is 0 Å². The summed E-state index contributed by atoms with van der Waals surface area (Å²) in [7, 11) is 0. The highest BCUT2D eigenvalue weighted by molar-refractivity contribution is 6.23. The molecule has 0 amide bonds. The van der Waals surface area contributed by atoms with Crippen molar-refractivity contribution in [1.29, 1.82) is 0 Å². The van der Waals surface area contributed by atoms with Gasteiger partial charge in [0.05, 0.1) is 0 Å². The number of nitrogens with zero attached hydrogens (tertiary/aromatic N) is 1. The van der Waals surface area contributed by atoms with Gasteiger partial charge in [-0.15, -0.1) is 0 Å². The third-order valence-corrected chi connectivity index (χ3v) is 12.2. The molecular weight excluding hydrogens is 675 g/mol. The fourth-order valence-corrected chi connectivity index (χ4v) is 9.48. The molecule has 0 spiro atoms. The molecule has 11 rings (SSSR count). The molecule has 10 aromatic carbocycles. The maximum absolute atomic E-state index is 2.43. The van der Waals surface area contributed by atoms with E-state index in [1.165, 1.54) is 87.6 Å². The Kier molecular flexibility index (Phi) is 7.28. The number of hydrogen-bond acceptors (Lipinski definition) is 1. The molecule has 264 valence electrons. The van der Waals surface area contributed by atoms with Gasteiger partial charge < -0.3 is 4.90 Å². The van der Waals surface area contributed by atoms with Crippen LogP contribution in [-0.2, 0) is 5.41 Å². The normalized spacial score (nSPS) is 13.0. The van der Waals surface area contributed by atoms with Crippen molar-refractivity contribution in [3.8, 4) is 33.4 Å². The van der Waals surface area contributed by atoms with Crippen LogP contribution in [0.25, 0.3) is 76.5 Å². The van der Waals surface area contributed by atoms with Crippen LogP contribution in [0.3, 0.4) is 0 Å². The minimum Gasteiger partial charge on any atom is -0.310 e. The molecule has 1 heteroatoms. The molecule has 1 aliphatic rings. The van der Waals surface area contributed by atoms with Crippen LogP contribution in [0.1, 0.15) is 25.0 Å². The molecule has 0 saturated heterocycles. The monoisotopic (exact) mass is 713 g/mol. The third kappa shape index (κ3) is 5.01. The molecule has 0 aliphatic heterocycles. The molecule has 0 unspecified atom stereocenters. The van der Waals surface area contributed by atoms with E-state index >= 15 is 0 Å². The summed E-state index contributed by atoms with van der Waals surface area (Å²) in [6.45, 7) is 4.72. The van der Waals surface area contributed by atoms with Gasteiger partial charge in [0, 0.05) is 22.5 Å². The van der Waals surface area contributed by atoms with Crippen molar-refractivity contribution in [2.24, 2.45) is 0 Å². The topological polar surface area (TPSA) is 3.24 Å². The van der Waals surface area contributed by atoms with E-state index in [9.17, 15) is 0 Å². The van der Waals surface area contributed by atoms with Crippen LogP contribution in [0.15, 0.2) is 200 Å². The van der Waals surface area contributed by atoms with Crippen LogP contribution >= 0.6 is 0 Å². The first-order valence-corrected chi connectivity index (χ1v) is 19.6. The SMILES string of the molecule is CC1(C)c2ccccc2-c2ccc(N(c3ccc(-c4cc5ccc6ccccc6c5c5ccccc45)cc3)c3cccc(-c4cccc5ccccc45)c3)cc21. The standard InChI is InChI=1S/C55H39N/c1-55(2)52-24-10-9-21-48(52)49-32-31-43(35-53(49)55)56(42-17-11-16-39(33-42)45-23-12-15-36-13-3-5-18-44(36)45)41-29-27-38(28-30-41)51-34-40-26-25-37-14-4-6-19-46(37)54(40)50-22-8-7-20-47(50)51/h3-35H,1-2H3. The van der Waals surface area contributed by atoms with Gasteiger partial charge in [0.15, 0.2) is 0 Å². The first-order chi connectivity index (χ1) is 27.5.